The van der Waals surface area contributed by atoms with Gasteiger partial charge >= 0.3 is 6.18 Å². The van der Waals surface area contributed by atoms with E-state index in [9.17, 15) is 13.2 Å². The van der Waals surface area contributed by atoms with Crippen molar-refractivity contribution in [1.29, 1.82) is 0 Å². The van der Waals surface area contributed by atoms with Gasteiger partial charge in [-0.3, -0.25) is 4.68 Å². The summed E-state index contributed by atoms with van der Waals surface area (Å²) in [7, 11) is 2.96. The van der Waals surface area contributed by atoms with Gasteiger partial charge in [-0.05, 0) is 17.7 Å². The molecule has 0 saturated heterocycles. The Hall–Kier alpha value is -1.98. The molecule has 0 aliphatic rings. The number of benzene rings is 1. The van der Waals surface area contributed by atoms with Crippen molar-refractivity contribution in [3.63, 3.8) is 0 Å². The fourth-order valence-electron chi connectivity index (χ4n) is 1.68. The van der Waals surface area contributed by atoms with E-state index in [2.05, 4.69) is 5.10 Å². The van der Waals surface area contributed by atoms with E-state index in [1.807, 2.05) is 0 Å². The lowest BCUT2D eigenvalue weighted by molar-refractivity contribution is -0.140. The van der Waals surface area contributed by atoms with Crippen molar-refractivity contribution in [3.05, 3.63) is 36.2 Å². The molecule has 2 aromatic rings. The molecular formula is C12H11F3N2O. The summed E-state index contributed by atoms with van der Waals surface area (Å²) in [5.41, 5.74) is -0.362. The minimum absolute atomic E-state index is 0.0626. The van der Waals surface area contributed by atoms with Crippen molar-refractivity contribution in [3.8, 4) is 16.9 Å². The van der Waals surface area contributed by atoms with Crippen LogP contribution in [0.15, 0.2) is 30.5 Å². The highest BCUT2D eigenvalue weighted by atomic mass is 19.4. The van der Waals surface area contributed by atoms with Crippen LogP contribution in [0.2, 0.25) is 0 Å². The zero-order chi connectivity index (χ0) is 13.3. The molecule has 0 aliphatic carbocycles. The number of rotatable bonds is 2. The number of hydrogen-bond acceptors (Lipinski definition) is 2. The van der Waals surface area contributed by atoms with Gasteiger partial charge in [0.15, 0.2) is 5.69 Å². The van der Waals surface area contributed by atoms with Gasteiger partial charge in [0.25, 0.3) is 0 Å². The number of aryl methyl sites for hydroxylation is 1. The molecule has 0 atom stereocenters. The summed E-state index contributed by atoms with van der Waals surface area (Å²) < 4.78 is 44.5. The summed E-state index contributed by atoms with van der Waals surface area (Å²) in [6, 6.07) is 6.38. The first-order valence-corrected chi connectivity index (χ1v) is 5.17. The van der Waals surface area contributed by atoms with Crippen LogP contribution in [0.4, 0.5) is 13.2 Å². The molecular weight excluding hydrogens is 245 g/mol. The second-order valence-corrected chi connectivity index (χ2v) is 3.79. The van der Waals surface area contributed by atoms with Crippen LogP contribution in [0.25, 0.3) is 11.1 Å². The maximum atomic E-state index is 12.8. The molecule has 0 unspecified atom stereocenters. The van der Waals surface area contributed by atoms with E-state index in [0.717, 1.165) is 4.68 Å². The number of nitrogens with zero attached hydrogens (tertiary/aromatic N) is 2. The molecule has 0 amide bonds. The minimum atomic E-state index is -4.46. The Kier molecular flexibility index (Phi) is 3.02. The zero-order valence-electron chi connectivity index (χ0n) is 9.82. The molecule has 0 fully saturated rings. The predicted octanol–water partition coefficient (Wildman–Crippen LogP) is 3.11. The van der Waals surface area contributed by atoms with Crippen LogP contribution in [0, 0.1) is 0 Å². The Morgan fingerprint density at radius 3 is 2.28 bits per heavy atom. The Morgan fingerprint density at radius 1 is 1.17 bits per heavy atom. The van der Waals surface area contributed by atoms with E-state index in [1.165, 1.54) is 20.4 Å². The van der Waals surface area contributed by atoms with Crippen LogP contribution < -0.4 is 4.74 Å². The quantitative estimate of drug-likeness (QED) is 0.825. The van der Waals surface area contributed by atoms with Crippen molar-refractivity contribution in [2.24, 2.45) is 7.05 Å². The van der Waals surface area contributed by atoms with E-state index < -0.39 is 11.9 Å². The van der Waals surface area contributed by atoms with Gasteiger partial charge in [-0.1, -0.05) is 12.1 Å². The normalized spacial score (nSPS) is 11.6. The van der Waals surface area contributed by atoms with Gasteiger partial charge in [0.1, 0.15) is 5.75 Å². The van der Waals surface area contributed by atoms with Crippen LogP contribution in [0.5, 0.6) is 5.75 Å². The van der Waals surface area contributed by atoms with Gasteiger partial charge in [0.05, 0.1) is 7.11 Å². The second kappa shape index (κ2) is 4.36. The smallest absolute Gasteiger partial charge is 0.435 e. The molecule has 1 aromatic heterocycles. The van der Waals surface area contributed by atoms with E-state index in [4.69, 9.17) is 4.74 Å². The molecule has 0 radical (unpaired) electrons. The maximum absolute atomic E-state index is 12.8. The van der Waals surface area contributed by atoms with Crippen LogP contribution in [-0.4, -0.2) is 16.9 Å². The second-order valence-electron chi connectivity index (χ2n) is 3.79. The molecule has 0 spiro atoms. The average Bonchev–Trinajstić information content (AvgIpc) is 2.71. The van der Waals surface area contributed by atoms with E-state index in [-0.39, 0.29) is 5.56 Å². The van der Waals surface area contributed by atoms with Crippen LogP contribution in [0.1, 0.15) is 5.69 Å². The number of hydrogen-bond donors (Lipinski definition) is 0. The molecule has 96 valence electrons. The van der Waals surface area contributed by atoms with E-state index in [0.29, 0.717) is 11.3 Å². The number of ether oxygens (including phenoxy) is 1. The van der Waals surface area contributed by atoms with Crippen molar-refractivity contribution >= 4 is 0 Å². The maximum Gasteiger partial charge on any atom is 0.435 e. The third kappa shape index (κ3) is 2.32. The molecule has 6 heteroatoms. The van der Waals surface area contributed by atoms with Crippen molar-refractivity contribution in [2.75, 3.05) is 7.11 Å². The highest BCUT2D eigenvalue weighted by Gasteiger charge is 2.37. The number of aromatic nitrogens is 2. The summed E-state index contributed by atoms with van der Waals surface area (Å²) in [4.78, 5) is 0. The fraction of sp³-hybridized carbons (Fsp3) is 0.250. The minimum Gasteiger partial charge on any atom is -0.497 e. The fourth-order valence-corrected chi connectivity index (χ4v) is 1.68. The first-order chi connectivity index (χ1) is 8.41. The van der Waals surface area contributed by atoms with Gasteiger partial charge in [-0.15, -0.1) is 0 Å². The van der Waals surface area contributed by atoms with Gasteiger partial charge in [0.2, 0.25) is 0 Å². The Balaban J connectivity index is 2.49. The van der Waals surface area contributed by atoms with E-state index >= 15 is 0 Å². The first-order valence-electron chi connectivity index (χ1n) is 5.17. The lowest BCUT2D eigenvalue weighted by Crippen LogP contribution is -2.08. The molecule has 1 heterocycles. The first kappa shape index (κ1) is 12.5. The van der Waals surface area contributed by atoms with Crippen LogP contribution in [0.3, 0.4) is 0 Å². The zero-order valence-corrected chi connectivity index (χ0v) is 9.82. The molecule has 2 rings (SSSR count). The molecule has 1 aromatic carbocycles. The largest absolute Gasteiger partial charge is 0.497 e. The summed E-state index contributed by atoms with van der Waals surface area (Å²) in [5, 5.41) is 3.46. The summed E-state index contributed by atoms with van der Waals surface area (Å²) >= 11 is 0. The predicted molar refractivity (Wildman–Crippen MR) is 60.2 cm³/mol. The molecule has 0 saturated carbocycles. The van der Waals surface area contributed by atoms with Gasteiger partial charge in [-0.25, -0.2) is 0 Å². The number of halogens is 3. The van der Waals surface area contributed by atoms with Crippen LogP contribution >= 0.6 is 0 Å². The Morgan fingerprint density at radius 2 is 1.78 bits per heavy atom. The van der Waals surface area contributed by atoms with Gasteiger partial charge in [0, 0.05) is 18.8 Å². The lowest BCUT2D eigenvalue weighted by Gasteiger charge is -2.06. The summed E-state index contributed by atoms with van der Waals surface area (Å²) in [5.74, 6) is 0.594. The number of methoxy groups -OCH3 is 1. The molecule has 3 nitrogen and oxygen atoms in total. The number of alkyl halides is 3. The van der Waals surface area contributed by atoms with Gasteiger partial charge < -0.3 is 4.74 Å². The third-order valence-electron chi connectivity index (χ3n) is 2.50. The van der Waals surface area contributed by atoms with Gasteiger partial charge in [-0.2, -0.15) is 18.3 Å². The SMILES string of the molecule is COc1ccc(-c2cn(C)nc2C(F)(F)F)cc1. The monoisotopic (exact) mass is 256 g/mol. The van der Waals surface area contributed by atoms with Crippen molar-refractivity contribution < 1.29 is 17.9 Å². The van der Waals surface area contributed by atoms with Crippen LogP contribution in [-0.2, 0) is 13.2 Å². The summed E-state index contributed by atoms with van der Waals surface area (Å²) in [6.07, 6.45) is -3.11. The summed E-state index contributed by atoms with van der Waals surface area (Å²) in [6.45, 7) is 0. The molecule has 0 aliphatic heterocycles. The average molecular weight is 256 g/mol. The van der Waals surface area contributed by atoms with E-state index in [1.54, 1.807) is 24.3 Å². The Bertz CT molecular complexity index is 543. The molecule has 18 heavy (non-hydrogen) atoms. The molecule has 0 N–H and O–H groups in total. The topological polar surface area (TPSA) is 27.1 Å². The van der Waals surface area contributed by atoms with Crippen molar-refractivity contribution in [2.45, 2.75) is 6.18 Å². The Labute approximate surface area is 102 Å². The highest BCUT2D eigenvalue weighted by Crippen LogP contribution is 2.36. The third-order valence-corrected chi connectivity index (χ3v) is 2.50. The highest BCUT2D eigenvalue weighted by molar-refractivity contribution is 5.66. The lowest BCUT2D eigenvalue weighted by atomic mass is 10.1. The molecule has 0 bridgehead atoms. The van der Waals surface area contributed by atoms with Crippen molar-refractivity contribution in [1.82, 2.24) is 9.78 Å². The standard InChI is InChI=1S/C12H11F3N2O/c1-17-7-10(11(16-17)12(13,14)15)8-3-5-9(18-2)6-4-8/h3-7H,1-2H3.